The van der Waals surface area contributed by atoms with Gasteiger partial charge in [-0.1, -0.05) is 12.1 Å². The fourth-order valence-corrected chi connectivity index (χ4v) is 7.16. The molecule has 1 aliphatic heterocycles. The number of rotatable bonds is 2. The van der Waals surface area contributed by atoms with E-state index in [0.717, 1.165) is 37.5 Å². The van der Waals surface area contributed by atoms with Crippen LogP contribution in [0, 0.1) is 23.7 Å². The highest BCUT2D eigenvalue weighted by molar-refractivity contribution is 5.69. The van der Waals surface area contributed by atoms with Gasteiger partial charge in [0.05, 0.1) is 0 Å². The highest BCUT2D eigenvalue weighted by Gasteiger charge is 2.66. The Kier molecular flexibility index (Phi) is 4.13. The summed E-state index contributed by atoms with van der Waals surface area (Å²) in [6, 6.07) is 7.92. The van der Waals surface area contributed by atoms with Gasteiger partial charge >= 0.3 is 5.97 Å². The molecule has 6 aliphatic rings. The number of carbonyl (C=O) groups is 1. The zero-order valence-corrected chi connectivity index (χ0v) is 17.1. The maximum Gasteiger partial charge on any atom is 0.308 e. The van der Waals surface area contributed by atoms with E-state index in [1.54, 1.807) is 0 Å². The maximum absolute atomic E-state index is 11.1. The third-order valence-electron chi connectivity index (χ3n) is 8.31. The van der Waals surface area contributed by atoms with Gasteiger partial charge in [0.25, 0.3) is 0 Å². The molecule has 0 amide bonds. The molecule has 7 rings (SSSR count). The summed E-state index contributed by atoms with van der Waals surface area (Å²) in [5.74, 6) is 2.59. The Morgan fingerprint density at radius 2 is 1.55 bits per heavy atom. The van der Waals surface area contributed by atoms with Crippen molar-refractivity contribution in [3.05, 3.63) is 29.8 Å². The van der Waals surface area contributed by atoms with Crippen LogP contribution in [-0.4, -0.2) is 17.5 Å². The molecule has 29 heavy (non-hydrogen) atoms. The van der Waals surface area contributed by atoms with Crippen LogP contribution in [0.15, 0.2) is 24.3 Å². The van der Waals surface area contributed by atoms with Crippen molar-refractivity contribution in [3.8, 4) is 5.75 Å². The van der Waals surface area contributed by atoms with E-state index in [1.165, 1.54) is 44.6 Å². The molecule has 5 aliphatic carbocycles. The molecule has 0 aromatic heterocycles. The van der Waals surface area contributed by atoms with Crippen molar-refractivity contribution in [2.24, 2.45) is 23.7 Å². The maximum atomic E-state index is 11.1. The van der Waals surface area contributed by atoms with E-state index in [0.29, 0.717) is 23.5 Å². The fourth-order valence-electron chi connectivity index (χ4n) is 7.16. The molecule has 1 saturated heterocycles. The molecular weight excluding hydrogens is 368 g/mol. The molecule has 0 N–H and O–H groups in total. The molecule has 1 aromatic rings. The summed E-state index contributed by atoms with van der Waals surface area (Å²) >= 11 is 0. The van der Waals surface area contributed by atoms with Crippen LogP contribution in [0.2, 0.25) is 0 Å². The first-order valence-electron chi connectivity index (χ1n) is 11.4. The van der Waals surface area contributed by atoms with Crippen molar-refractivity contribution in [1.29, 1.82) is 0 Å². The van der Waals surface area contributed by atoms with Gasteiger partial charge in [0.2, 0.25) is 11.6 Å². The molecule has 1 heterocycles. The molecule has 0 radical (unpaired) electrons. The molecule has 6 fully saturated rings. The van der Waals surface area contributed by atoms with Gasteiger partial charge in [-0.25, -0.2) is 0 Å². The smallest absolute Gasteiger partial charge is 0.308 e. The second-order valence-electron chi connectivity index (χ2n) is 10.1. The van der Waals surface area contributed by atoms with E-state index in [4.69, 9.17) is 19.2 Å². The van der Waals surface area contributed by atoms with Gasteiger partial charge in [0, 0.05) is 31.6 Å². The number of hydrogen-bond donors (Lipinski definition) is 0. The van der Waals surface area contributed by atoms with Crippen LogP contribution < -0.4 is 4.74 Å². The highest BCUT2D eigenvalue weighted by atomic mass is 17.3. The third kappa shape index (κ3) is 2.96. The average Bonchev–Trinajstić information content (AvgIpc) is 3.07. The van der Waals surface area contributed by atoms with E-state index in [-0.39, 0.29) is 5.97 Å². The molecule has 5 saturated carbocycles. The number of benzene rings is 1. The zero-order valence-electron chi connectivity index (χ0n) is 17.1. The van der Waals surface area contributed by atoms with Gasteiger partial charge in [0.1, 0.15) is 5.75 Å². The van der Waals surface area contributed by atoms with Crippen LogP contribution in [0.25, 0.3) is 0 Å². The number of hydrogen-bond acceptors (Lipinski definition) is 5. The first-order chi connectivity index (χ1) is 14.0. The van der Waals surface area contributed by atoms with E-state index in [2.05, 4.69) is 12.1 Å². The summed E-state index contributed by atoms with van der Waals surface area (Å²) < 4.78 is 11.9. The monoisotopic (exact) mass is 398 g/mol. The van der Waals surface area contributed by atoms with Crippen LogP contribution in [0.1, 0.15) is 76.2 Å². The van der Waals surface area contributed by atoms with Gasteiger partial charge in [0.15, 0.2) is 0 Å². The number of carbonyl (C=O) groups excluding carboxylic acids is 1. The summed E-state index contributed by atoms with van der Waals surface area (Å²) in [7, 11) is 0. The Morgan fingerprint density at radius 3 is 2.14 bits per heavy atom. The number of esters is 1. The van der Waals surface area contributed by atoms with Gasteiger partial charge in [-0.05, 0) is 80.4 Å². The van der Waals surface area contributed by atoms with Crippen molar-refractivity contribution in [2.75, 3.05) is 0 Å². The molecule has 0 atom stereocenters. The van der Waals surface area contributed by atoms with E-state index < -0.39 is 11.6 Å². The summed E-state index contributed by atoms with van der Waals surface area (Å²) in [6.45, 7) is 1.43. The van der Waals surface area contributed by atoms with Gasteiger partial charge in [-0.15, -0.1) is 0 Å². The van der Waals surface area contributed by atoms with Gasteiger partial charge in [-0.3, -0.25) is 4.79 Å². The third-order valence-corrected chi connectivity index (χ3v) is 8.31. The standard InChI is InChI=1S/C24H30O5/c1-15(25)26-22-4-2-18(3-5-22)19-6-8-23(9-7-19)27-24(29-28-23)20-11-16-10-17(13-20)14-21(24)12-16/h2-5,16-17,19-21H,6-14H2,1H3. The number of ether oxygens (including phenoxy) is 2. The first-order valence-corrected chi connectivity index (χ1v) is 11.4. The Bertz CT molecular complexity index is 764. The molecule has 156 valence electrons. The predicted molar refractivity (Wildman–Crippen MR) is 105 cm³/mol. The lowest BCUT2D eigenvalue weighted by Crippen LogP contribution is -2.59. The van der Waals surface area contributed by atoms with Gasteiger partial charge in [-0.2, -0.15) is 9.78 Å². The van der Waals surface area contributed by atoms with E-state index >= 15 is 0 Å². The summed E-state index contributed by atoms with van der Waals surface area (Å²) in [5, 5.41) is 0. The average molecular weight is 398 g/mol. The SMILES string of the molecule is CC(=O)Oc1ccc(C2CCC3(CC2)OOC2(O3)C3CC4CC(C3)CC2C4)cc1. The molecule has 0 unspecified atom stereocenters. The molecule has 5 nitrogen and oxygen atoms in total. The minimum Gasteiger partial charge on any atom is -0.427 e. The van der Waals surface area contributed by atoms with Crippen molar-refractivity contribution < 1.29 is 24.0 Å². The molecule has 2 spiro atoms. The summed E-state index contributed by atoms with van der Waals surface area (Å²) in [4.78, 5) is 23.3. The van der Waals surface area contributed by atoms with Crippen LogP contribution in [0.5, 0.6) is 5.75 Å². The van der Waals surface area contributed by atoms with Crippen LogP contribution >= 0.6 is 0 Å². The Labute approximate surface area is 172 Å². The van der Waals surface area contributed by atoms with Crippen LogP contribution in [0.3, 0.4) is 0 Å². The van der Waals surface area contributed by atoms with Crippen molar-refractivity contribution >= 4 is 5.97 Å². The Balaban J connectivity index is 1.13. The largest absolute Gasteiger partial charge is 0.427 e. The van der Waals surface area contributed by atoms with Crippen molar-refractivity contribution in [2.45, 2.75) is 82.2 Å². The molecular formula is C24H30O5. The van der Waals surface area contributed by atoms with Crippen molar-refractivity contribution in [3.63, 3.8) is 0 Å². The lowest BCUT2D eigenvalue weighted by molar-refractivity contribution is -0.390. The van der Waals surface area contributed by atoms with Crippen molar-refractivity contribution in [1.82, 2.24) is 0 Å². The predicted octanol–water partition coefficient (Wildman–Crippen LogP) is 5.10. The molecule has 5 heteroatoms. The summed E-state index contributed by atoms with van der Waals surface area (Å²) in [6.07, 6.45) is 10.2. The second-order valence-corrected chi connectivity index (χ2v) is 10.1. The Morgan fingerprint density at radius 1 is 0.931 bits per heavy atom. The minimum atomic E-state index is -0.552. The molecule has 4 bridgehead atoms. The topological polar surface area (TPSA) is 54.0 Å². The fraction of sp³-hybridized carbons (Fsp3) is 0.708. The Hall–Kier alpha value is -1.43. The second kappa shape index (κ2) is 6.53. The minimum absolute atomic E-state index is 0.286. The zero-order chi connectivity index (χ0) is 19.6. The molecule has 1 aromatic carbocycles. The van der Waals surface area contributed by atoms with Crippen LogP contribution in [-0.2, 0) is 19.3 Å². The lowest BCUT2D eigenvalue weighted by Gasteiger charge is -2.57. The van der Waals surface area contributed by atoms with E-state index in [9.17, 15) is 4.79 Å². The van der Waals surface area contributed by atoms with Crippen LogP contribution in [0.4, 0.5) is 0 Å². The summed E-state index contributed by atoms with van der Waals surface area (Å²) in [5.41, 5.74) is 1.29. The van der Waals surface area contributed by atoms with E-state index in [1.807, 2.05) is 12.1 Å². The first kappa shape index (κ1) is 18.3. The normalized spacial score (nSPS) is 45.2. The highest BCUT2D eigenvalue weighted by Crippen LogP contribution is 2.64. The van der Waals surface area contributed by atoms with Gasteiger partial charge < -0.3 is 9.47 Å². The quantitative estimate of drug-likeness (QED) is 0.394. The lowest BCUT2D eigenvalue weighted by atomic mass is 9.53.